The summed E-state index contributed by atoms with van der Waals surface area (Å²) in [7, 11) is 0. The van der Waals surface area contributed by atoms with Crippen molar-refractivity contribution in [2.45, 2.75) is 32.2 Å². The third-order valence-corrected chi connectivity index (χ3v) is 5.73. The molecule has 1 atom stereocenters. The second kappa shape index (κ2) is 11.1. The second-order valence-electron chi connectivity index (χ2n) is 7.51. The summed E-state index contributed by atoms with van der Waals surface area (Å²) in [6.45, 7) is 1.99. The predicted octanol–water partition coefficient (Wildman–Crippen LogP) is 7.71. The number of alkyl halides is 4. The molecule has 1 amide bonds. The van der Waals surface area contributed by atoms with Crippen molar-refractivity contribution in [2.75, 3.05) is 5.88 Å². The zero-order valence-corrected chi connectivity index (χ0v) is 19.6. The molecule has 0 aliphatic rings. The molecule has 0 spiro atoms. The number of amides is 1. The van der Waals surface area contributed by atoms with Gasteiger partial charge in [-0.25, -0.2) is 4.39 Å². The van der Waals surface area contributed by atoms with Gasteiger partial charge >= 0.3 is 6.36 Å². The van der Waals surface area contributed by atoms with E-state index in [2.05, 4.69) is 10.1 Å². The van der Waals surface area contributed by atoms with Crippen LogP contribution in [-0.2, 0) is 6.42 Å². The molecule has 0 bridgehead atoms. The SMILES string of the molecule is CCCc1cc(-c2ccc(OC(F)(F)F)cc2)ccc1C(CCl)NC(=O)c1c(F)cccc1Cl. The molecule has 0 fully saturated rings. The van der Waals surface area contributed by atoms with Crippen LogP contribution in [0.1, 0.15) is 40.9 Å². The number of rotatable bonds is 8. The van der Waals surface area contributed by atoms with Gasteiger partial charge in [-0.2, -0.15) is 0 Å². The number of carbonyl (C=O) groups excluding carboxylic acids is 1. The summed E-state index contributed by atoms with van der Waals surface area (Å²) in [6, 6.07) is 14.4. The number of nitrogens with one attached hydrogen (secondary N) is 1. The number of ether oxygens (including phenoxy) is 1. The summed E-state index contributed by atoms with van der Waals surface area (Å²) in [4.78, 5) is 12.7. The molecule has 3 aromatic rings. The average molecular weight is 514 g/mol. The van der Waals surface area contributed by atoms with E-state index in [1.165, 1.54) is 36.4 Å². The highest BCUT2D eigenvalue weighted by atomic mass is 35.5. The lowest BCUT2D eigenvalue weighted by atomic mass is 9.93. The van der Waals surface area contributed by atoms with E-state index in [0.29, 0.717) is 12.0 Å². The maximum atomic E-state index is 14.2. The minimum Gasteiger partial charge on any atom is -0.406 e. The van der Waals surface area contributed by atoms with Crippen LogP contribution in [0.5, 0.6) is 5.75 Å². The van der Waals surface area contributed by atoms with Crippen molar-refractivity contribution in [3.8, 4) is 16.9 Å². The Kier molecular flexibility index (Phi) is 8.44. The molecule has 0 aliphatic heterocycles. The summed E-state index contributed by atoms with van der Waals surface area (Å²) >= 11 is 12.2. The van der Waals surface area contributed by atoms with Gasteiger partial charge in [0.15, 0.2) is 0 Å². The topological polar surface area (TPSA) is 38.3 Å². The Balaban J connectivity index is 1.88. The van der Waals surface area contributed by atoms with Gasteiger partial charge in [0.1, 0.15) is 11.6 Å². The zero-order chi connectivity index (χ0) is 24.9. The Morgan fingerprint density at radius 1 is 1.06 bits per heavy atom. The number of hydrogen-bond donors (Lipinski definition) is 1. The van der Waals surface area contributed by atoms with Crippen LogP contribution in [0.3, 0.4) is 0 Å². The van der Waals surface area contributed by atoms with Gasteiger partial charge in [-0.15, -0.1) is 24.8 Å². The van der Waals surface area contributed by atoms with Crippen molar-refractivity contribution in [2.24, 2.45) is 0 Å². The van der Waals surface area contributed by atoms with E-state index in [1.807, 2.05) is 13.0 Å². The monoisotopic (exact) mass is 513 g/mol. The molecule has 9 heteroatoms. The molecular formula is C25H21Cl2F4NO2. The minimum absolute atomic E-state index is 0.00657. The number of hydrogen-bond acceptors (Lipinski definition) is 2. The van der Waals surface area contributed by atoms with Crippen LogP contribution in [0.2, 0.25) is 5.02 Å². The number of halogens is 6. The fourth-order valence-electron chi connectivity index (χ4n) is 3.60. The maximum Gasteiger partial charge on any atom is 0.573 e. The highest BCUT2D eigenvalue weighted by molar-refractivity contribution is 6.33. The van der Waals surface area contributed by atoms with Gasteiger partial charge in [0.05, 0.1) is 16.6 Å². The van der Waals surface area contributed by atoms with Gasteiger partial charge in [-0.05, 0) is 52.9 Å². The Labute approximate surface area is 204 Å². The second-order valence-corrected chi connectivity index (χ2v) is 8.23. The first-order chi connectivity index (χ1) is 16.1. The van der Waals surface area contributed by atoms with Crippen molar-refractivity contribution in [3.63, 3.8) is 0 Å². The Morgan fingerprint density at radius 2 is 1.74 bits per heavy atom. The standard InChI is InChI=1S/C25H21Cl2F4NO2/c1-2-4-17-13-16(15-7-10-18(11-8-15)34-25(29,30)31)9-12-19(17)22(14-26)32-24(33)23-20(27)5-3-6-21(23)28/h3,5-13,22H,2,4,14H2,1H3,(H,32,33). The van der Waals surface area contributed by atoms with Crippen LogP contribution in [-0.4, -0.2) is 18.1 Å². The first-order valence-corrected chi connectivity index (χ1v) is 11.3. The molecule has 34 heavy (non-hydrogen) atoms. The molecule has 0 radical (unpaired) electrons. The van der Waals surface area contributed by atoms with Gasteiger partial charge in [0.25, 0.3) is 5.91 Å². The Hall–Kier alpha value is -2.77. The first-order valence-electron chi connectivity index (χ1n) is 10.4. The lowest BCUT2D eigenvalue weighted by molar-refractivity contribution is -0.274. The fourth-order valence-corrected chi connectivity index (χ4v) is 4.10. The molecule has 180 valence electrons. The Bertz CT molecular complexity index is 1130. The van der Waals surface area contributed by atoms with Crippen LogP contribution >= 0.6 is 23.2 Å². The van der Waals surface area contributed by atoms with E-state index >= 15 is 0 Å². The van der Waals surface area contributed by atoms with E-state index in [9.17, 15) is 22.4 Å². The summed E-state index contributed by atoms with van der Waals surface area (Å²) in [6.07, 6.45) is -3.29. The van der Waals surface area contributed by atoms with Crippen molar-refractivity contribution in [1.29, 1.82) is 0 Å². The predicted molar refractivity (Wildman–Crippen MR) is 125 cm³/mol. The molecule has 0 aromatic heterocycles. The highest BCUT2D eigenvalue weighted by Crippen LogP contribution is 2.30. The first kappa shape index (κ1) is 25.8. The summed E-state index contributed by atoms with van der Waals surface area (Å²) in [5, 5.41) is 2.74. The minimum atomic E-state index is -4.76. The van der Waals surface area contributed by atoms with Gasteiger partial charge < -0.3 is 10.1 Å². The van der Waals surface area contributed by atoms with E-state index in [0.717, 1.165) is 29.2 Å². The molecule has 0 saturated carbocycles. The van der Waals surface area contributed by atoms with Crippen molar-refractivity contribution < 1.29 is 27.1 Å². The van der Waals surface area contributed by atoms with Crippen LogP contribution in [0.4, 0.5) is 17.6 Å². The molecular weight excluding hydrogens is 493 g/mol. The molecule has 3 nitrogen and oxygen atoms in total. The number of aryl methyl sites for hydroxylation is 1. The highest BCUT2D eigenvalue weighted by Gasteiger charge is 2.31. The fraction of sp³-hybridized carbons (Fsp3) is 0.240. The number of benzene rings is 3. The molecule has 1 unspecified atom stereocenters. The van der Waals surface area contributed by atoms with Gasteiger partial charge in [0.2, 0.25) is 0 Å². The maximum absolute atomic E-state index is 14.2. The van der Waals surface area contributed by atoms with E-state index in [1.54, 1.807) is 12.1 Å². The van der Waals surface area contributed by atoms with E-state index < -0.39 is 24.1 Å². The lowest BCUT2D eigenvalue weighted by Gasteiger charge is -2.21. The van der Waals surface area contributed by atoms with Gasteiger partial charge in [-0.3, -0.25) is 4.79 Å². The average Bonchev–Trinajstić information content (AvgIpc) is 2.77. The van der Waals surface area contributed by atoms with Crippen molar-refractivity contribution in [3.05, 3.63) is 88.2 Å². The van der Waals surface area contributed by atoms with Crippen LogP contribution in [0, 0.1) is 5.82 Å². The zero-order valence-electron chi connectivity index (χ0n) is 18.1. The summed E-state index contributed by atoms with van der Waals surface area (Å²) in [5.74, 6) is -1.68. The van der Waals surface area contributed by atoms with E-state index in [4.69, 9.17) is 23.2 Å². The van der Waals surface area contributed by atoms with Gasteiger partial charge in [0, 0.05) is 5.88 Å². The van der Waals surface area contributed by atoms with Gasteiger partial charge in [-0.1, -0.05) is 61.3 Å². The third kappa shape index (κ3) is 6.42. The summed E-state index contributed by atoms with van der Waals surface area (Å²) < 4.78 is 55.3. The van der Waals surface area contributed by atoms with Crippen LogP contribution in [0.15, 0.2) is 60.7 Å². The Morgan fingerprint density at radius 3 is 2.32 bits per heavy atom. The van der Waals surface area contributed by atoms with Crippen LogP contribution in [0.25, 0.3) is 11.1 Å². The third-order valence-electron chi connectivity index (χ3n) is 5.11. The normalized spacial score (nSPS) is 12.3. The molecule has 0 aliphatic carbocycles. The molecule has 1 N–H and O–H groups in total. The largest absolute Gasteiger partial charge is 0.573 e. The molecule has 3 rings (SSSR count). The molecule has 3 aromatic carbocycles. The van der Waals surface area contributed by atoms with Crippen molar-refractivity contribution in [1.82, 2.24) is 5.32 Å². The lowest BCUT2D eigenvalue weighted by Crippen LogP contribution is -2.31. The molecule has 0 heterocycles. The smallest absolute Gasteiger partial charge is 0.406 e. The number of carbonyl (C=O) groups is 1. The van der Waals surface area contributed by atoms with Crippen LogP contribution < -0.4 is 10.1 Å². The quantitative estimate of drug-likeness (QED) is 0.247. The summed E-state index contributed by atoms with van der Waals surface area (Å²) in [5.41, 5.74) is 2.89. The van der Waals surface area contributed by atoms with Crippen molar-refractivity contribution >= 4 is 29.1 Å². The molecule has 0 saturated heterocycles. The van der Waals surface area contributed by atoms with E-state index in [-0.39, 0.29) is 22.2 Å².